The molecule has 1 amide bonds. The number of hydrogen-bond donors (Lipinski definition) is 2. The molecule has 36 heavy (non-hydrogen) atoms. The van der Waals surface area contributed by atoms with Gasteiger partial charge in [0, 0.05) is 35.6 Å². The molecule has 6 nitrogen and oxygen atoms in total. The number of thiocarbonyl (C=S) groups is 1. The molecule has 0 fully saturated rings. The van der Waals surface area contributed by atoms with E-state index in [9.17, 15) is 4.79 Å². The highest BCUT2D eigenvalue weighted by atomic mass is 32.1. The van der Waals surface area contributed by atoms with Gasteiger partial charge in [-0.1, -0.05) is 32.9 Å². The van der Waals surface area contributed by atoms with E-state index in [-0.39, 0.29) is 16.4 Å². The molecule has 1 aromatic heterocycles. The fraction of sp³-hybridized carbons (Fsp3) is 0.276. The number of nitrogens with one attached hydrogen (secondary N) is 2. The minimum absolute atomic E-state index is 0.0280. The van der Waals surface area contributed by atoms with E-state index in [1.807, 2.05) is 54.6 Å². The zero-order chi connectivity index (χ0) is 25.9. The van der Waals surface area contributed by atoms with Gasteiger partial charge < -0.3 is 14.6 Å². The zero-order valence-electron chi connectivity index (χ0n) is 21.4. The maximum absolute atomic E-state index is 12.6. The Hall–Kier alpha value is -3.71. The Morgan fingerprint density at radius 2 is 1.64 bits per heavy atom. The molecule has 0 aliphatic heterocycles. The summed E-state index contributed by atoms with van der Waals surface area (Å²) < 4.78 is 5.97. The van der Waals surface area contributed by atoms with Crippen molar-refractivity contribution in [3.05, 3.63) is 77.9 Å². The van der Waals surface area contributed by atoms with Gasteiger partial charge in [0.15, 0.2) is 10.7 Å². The van der Waals surface area contributed by atoms with Crippen molar-refractivity contribution in [2.75, 3.05) is 23.3 Å². The molecule has 0 aliphatic rings. The third-order valence-electron chi connectivity index (χ3n) is 6.13. The summed E-state index contributed by atoms with van der Waals surface area (Å²) in [4.78, 5) is 19.6. The summed E-state index contributed by atoms with van der Waals surface area (Å²) in [6, 6.07) is 21.3. The van der Waals surface area contributed by atoms with E-state index in [0.717, 1.165) is 18.7 Å². The number of amides is 1. The Morgan fingerprint density at radius 3 is 2.25 bits per heavy atom. The standard InChI is InChI=1S/C29H32N4O2S/c1-6-33(7-2)23-15-10-20(11-16-23)27-31-24-18-22(14-17-25(24)35-27)30-28(36)32-26(34)19-8-12-21(13-9-19)29(3,4)5/h8-18H,6-7H2,1-5H3,(H2,30,32,34,36). The Labute approximate surface area is 217 Å². The quantitative estimate of drug-likeness (QED) is 0.285. The summed E-state index contributed by atoms with van der Waals surface area (Å²) in [5.41, 5.74) is 5.93. The molecule has 0 bridgehead atoms. The molecule has 0 saturated carbocycles. The van der Waals surface area contributed by atoms with Gasteiger partial charge in [0.2, 0.25) is 5.89 Å². The van der Waals surface area contributed by atoms with Crippen molar-refractivity contribution in [3.63, 3.8) is 0 Å². The van der Waals surface area contributed by atoms with Crippen LogP contribution in [0.2, 0.25) is 0 Å². The van der Waals surface area contributed by atoms with E-state index in [1.54, 1.807) is 0 Å². The Morgan fingerprint density at radius 1 is 0.972 bits per heavy atom. The third-order valence-corrected chi connectivity index (χ3v) is 6.33. The Balaban J connectivity index is 1.43. The predicted octanol–water partition coefficient (Wildman–Crippen LogP) is 6.77. The Kier molecular flexibility index (Phi) is 7.40. The van der Waals surface area contributed by atoms with Crippen LogP contribution in [0, 0.1) is 0 Å². The van der Waals surface area contributed by atoms with Crippen molar-refractivity contribution in [3.8, 4) is 11.5 Å². The number of nitrogens with zero attached hydrogens (tertiary/aromatic N) is 2. The summed E-state index contributed by atoms with van der Waals surface area (Å²) in [6.45, 7) is 12.6. The number of aromatic nitrogens is 1. The number of rotatable bonds is 6. The van der Waals surface area contributed by atoms with Crippen LogP contribution >= 0.6 is 12.2 Å². The number of hydrogen-bond acceptors (Lipinski definition) is 5. The summed E-state index contributed by atoms with van der Waals surface area (Å²) in [5, 5.41) is 6.02. The van der Waals surface area contributed by atoms with Crippen LogP contribution in [-0.4, -0.2) is 29.1 Å². The monoisotopic (exact) mass is 500 g/mol. The second kappa shape index (κ2) is 10.5. The summed E-state index contributed by atoms with van der Waals surface area (Å²) in [6.07, 6.45) is 0. The highest BCUT2D eigenvalue weighted by molar-refractivity contribution is 7.80. The molecule has 2 N–H and O–H groups in total. The van der Waals surface area contributed by atoms with E-state index < -0.39 is 0 Å². The molecular formula is C29H32N4O2S. The summed E-state index contributed by atoms with van der Waals surface area (Å²) in [7, 11) is 0. The van der Waals surface area contributed by atoms with Gasteiger partial charge in [0.05, 0.1) is 0 Å². The van der Waals surface area contributed by atoms with Gasteiger partial charge in [-0.25, -0.2) is 4.98 Å². The normalized spacial score (nSPS) is 11.4. The molecule has 0 radical (unpaired) electrons. The predicted molar refractivity (Wildman–Crippen MR) is 152 cm³/mol. The lowest BCUT2D eigenvalue weighted by atomic mass is 9.87. The summed E-state index contributed by atoms with van der Waals surface area (Å²) >= 11 is 5.36. The molecule has 4 rings (SSSR count). The second-order valence-electron chi connectivity index (χ2n) is 9.66. The Bertz CT molecular complexity index is 1370. The fourth-order valence-electron chi connectivity index (χ4n) is 3.99. The smallest absolute Gasteiger partial charge is 0.257 e. The van der Waals surface area contributed by atoms with E-state index in [0.29, 0.717) is 28.2 Å². The largest absolute Gasteiger partial charge is 0.436 e. The first-order chi connectivity index (χ1) is 17.2. The summed E-state index contributed by atoms with van der Waals surface area (Å²) in [5.74, 6) is 0.300. The molecule has 4 aromatic rings. The maximum atomic E-state index is 12.6. The number of benzene rings is 3. The first-order valence-electron chi connectivity index (χ1n) is 12.2. The number of oxazole rings is 1. The van der Waals surface area contributed by atoms with Gasteiger partial charge in [-0.2, -0.15) is 0 Å². The van der Waals surface area contributed by atoms with Crippen molar-refractivity contribution < 1.29 is 9.21 Å². The van der Waals surface area contributed by atoms with Gasteiger partial charge in [-0.3, -0.25) is 10.1 Å². The fourth-order valence-corrected chi connectivity index (χ4v) is 4.20. The SMILES string of the molecule is CCN(CC)c1ccc(-c2nc3cc(NC(=S)NC(=O)c4ccc(C(C)(C)C)cc4)ccc3o2)cc1. The number of fused-ring (bicyclic) bond motifs is 1. The van der Waals surface area contributed by atoms with Gasteiger partial charge in [0.1, 0.15) is 5.52 Å². The van der Waals surface area contributed by atoms with Crippen LogP contribution in [0.1, 0.15) is 50.5 Å². The second-order valence-corrected chi connectivity index (χ2v) is 10.1. The minimum Gasteiger partial charge on any atom is -0.436 e. The molecule has 186 valence electrons. The first-order valence-corrected chi connectivity index (χ1v) is 12.6. The van der Waals surface area contributed by atoms with Gasteiger partial charge >= 0.3 is 0 Å². The van der Waals surface area contributed by atoms with Crippen LogP contribution in [0.15, 0.2) is 71.1 Å². The lowest BCUT2D eigenvalue weighted by molar-refractivity contribution is 0.0977. The average molecular weight is 501 g/mol. The van der Waals surface area contributed by atoms with Crippen molar-refractivity contribution in [2.24, 2.45) is 0 Å². The number of anilines is 2. The van der Waals surface area contributed by atoms with E-state index >= 15 is 0 Å². The molecule has 3 aromatic carbocycles. The minimum atomic E-state index is -0.258. The van der Waals surface area contributed by atoms with Gasteiger partial charge in [0.25, 0.3) is 5.91 Å². The van der Waals surface area contributed by atoms with Crippen LogP contribution in [-0.2, 0) is 5.41 Å². The van der Waals surface area contributed by atoms with Crippen molar-refractivity contribution in [1.82, 2.24) is 10.3 Å². The topological polar surface area (TPSA) is 70.4 Å². The average Bonchev–Trinajstić information content (AvgIpc) is 3.28. The van der Waals surface area contributed by atoms with Gasteiger partial charge in [-0.15, -0.1) is 0 Å². The van der Waals surface area contributed by atoms with E-state index in [2.05, 4.69) is 67.3 Å². The zero-order valence-corrected chi connectivity index (χ0v) is 22.2. The number of carbonyl (C=O) groups is 1. The van der Waals surface area contributed by atoms with E-state index in [4.69, 9.17) is 16.6 Å². The molecule has 0 aliphatic carbocycles. The highest BCUT2D eigenvalue weighted by Gasteiger charge is 2.15. The highest BCUT2D eigenvalue weighted by Crippen LogP contribution is 2.28. The van der Waals surface area contributed by atoms with Crippen LogP contribution in [0.5, 0.6) is 0 Å². The lowest BCUT2D eigenvalue weighted by Crippen LogP contribution is -2.34. The van der Waals surface area contributed by atoms with E-state index in [1.165, 1.54) is 11.3 Å². The maximum Gasteiger partial charge on any atom is 0.257 e. The molecule has 0 unspecified atom stereocenters. The molecule has 0 saturated heterocycles. The van der Waals surface area contributed by atoms with Crippen molar-refractivity contribution >= 4 is 45.7 Å². The molecule has 0 atom stereocenters. The van der Waals surface area contributed by atoms with Gasteiger partial charge in [-0.05, 0) is 91.6 Å². The van der Waals surface area contributed by atoms with Crippen LogP contribution < -0.4 is 15.5 Å². The van der Waals surface area contributed by atoms with Crippen LogP contribution in [0.3, 0.4) is 0 Å². The first kappa shape index (κ1) is 25.4. The van der Waals surface area contributed by atoms with Crippen molar-refractivity contribution in [2.45, 2.75) is 40.0 Å². The molecular weight excluding hydrogens is 468 g/mol. The number of carbonyl (C=O) groups excluding carboxylic acids is 1. The van der Waals surface area contributed by atoms with Crippen LogP contribution in [0.25, 0.3) is 22.6 Å². The van der Waals surface area contributed by atoms with Crippen molar-refractivity contribution in [1.29, 1.82) is 0 Å². The third kappa shape index (κ3) is 5.74. The lowest BCUT2D eigenvalue weighted by Gasteiger charge is -2.20. The molecule has 0 spiro atoms. The molecule has 7 heteroatoms. The van der Waals surface area contributed by atoms with Crippen LogP contribution in [0.4, 0.5) is 11.4 Å². The molecule has 1 heterocycles.